The van der Waals surface area contributed by atoms with Gasteiger partial charge in [-0.05, 0) is 36.8 Å². The SMILES string of the molecule is CNC(=O)c1ccc(C)c(NC(=O)c2cc3ccccc3[nH]2)c1. The third kappa shape index (κ3) is 2.94. The Morgan fingerprint density at radius 1 is 1.00 bits per heavy atom. The number of amides is 2. The number of aryl methyl sites for hydroxylation is 1. The largest absolute Gasteiger partial charge is 0.355 e. The maximum Gasteiger partial charge on any atom is 0.272 e. The Labute approximate surface area is 133 Å². The zero-order valence-corrected chi connectivity index (χ0v) is 12.9. The van der Waals surface area contributed by atoms with E-state index in [4.69, 9.17) is 0 Å². The second kappa shape index (κ2) is 5.96. The molecule has 23 heavy (non-hydrogen) atoms. The summed E-state index contributed by atoms with van der Waals surface area (Å²) < 4.78 is 0. The van der Waals surface area contributed by atoms with Crippen LogP contribution in [0.1, 0.15) is 26.4 Å². The molecule has 0 saturated heterocycles. The van der Waals surface area contributed by atoms with Crippen molar-refractivity contribution < 1.29 is 9.59 Å². The monoisotopic (exact) mass is 307 g/mol. The zero-order valence-electron chi connectivity index (χ0n) is 12.9. The summed E-state index contributed by atoms with van der Waals surface area (Å²) in [5, 5.41) is 6.41. The van der Waals surface area contributed by atoms with Crippen molar-refractivity contribution in [2.75, 3.05) is 12.4 Å². The van der Waals surface area contributed by atoms with Gasteiger partial charge in [-0.15, -0.1) is 0 Å². The molecule has 0 saturated carbocycles. The van der Waals surface area contributed by atoms with E-state index in [1.807, 2.05) is 43.3 Å². The highest BCUT2D eigenvalue weighted by Crippen LogP contribution is 2.20. The smallest absolute Gasteiger partial charge is 0.272 e. The lowest BCUT2D eigenvalue weighted by Crippen LogP contribution is -2.19. The minimum atomic E-state index is -0.238. The summed E-state index contributed by atoms with van der Waals surface area (Å²) >= 11 is 0. The van der Waals surface area contributed by atoms with Gasteiger partial charge >= 0.3 is 0 Å². The van der Waals surface area contributed by atoms with Crippen molar-refractivity contribution in [1.29, 1.82) is 0 Å². The molecule has 0 atom stereocenters. The Morgan fingerprint density at radius 3 is 2.52 bits per heavy atom. The molecule has 116 valence electrons. The Balaban J connectivity index is 1.88. The third-order valence-corrected chi connectivity index (χ3v) is 3.75. The predicted octanol–water partition coefficient (Wildman–Crippen LogP) is 3.09. The van der Waals surface area contributed by atoms with E-state index in [2.05, 4.69) is 15.6 Å². The van der Waals surface area contributed by atoms with Crippen LogP contribution in [0.25, 0.3) is 10.9 Å². The molecule has 0 radical (unpaired) electrons. The van der Waals surface area contributed by atoms with Gasteiger partial charge in [0.1, 0.15) is 5.69 Å². The minimum Gasteiger partial charge on any atom is -0.355 e. The average Bonchev–Trinajstić information content (AvgIpc) is 3.00. The maximum atomic E-state index is 12.4. The van der Waals surface area contributed by atoms with Gasteiger partial charge < -0.3 is 15.6 Å². The highest BCUT2D eigenvalue weighted by Gasteiger charge is 2.12. The fourth-order valence-corrected chi connectivity index (χ4v) is 2.43. The first kappa shape index (κ1) is 14.8. The van der Waals surface area contributed by atoms with Crippen molar-refractivity contribution in [3.05, 3.63) is 65.4 Å². The molecule has 1 aromatic heterocycles. The van der Waals surface area contributed by atoms with Crippen molar-refractivity contribution in [2.45, 2.75) is 6.92 Å². The van der Waals surface area contributed by atoms with E-state index in [9.17, 15) is 9.59 Å². The molecule has 0 aliphatic rings. The standard InChI is InChI=1S/C18H17N3O2/c1-11-7-8-13(17(22)19-2)10-15(11)21-18(23)16-9-12-5-3-4-6-14(12)20-16/h3-10,20H,1-2H3,(H,19,22)(H,21,23). The fourth-order valence-electron chi connectivity index (χ4n) is 2.43. The van der Waals surface area contributed by atoms with Gasteiger partial charge in [-0.25, -0.2) is 0 Å². The number of aromatic amines is 1. The van der Waals surface area contributed by atoms with E-state index in [0.717, 1.165) is 16.5 Å². The van der Waals surface area contributed by atoms with E-state index < -0.39 is 0 Å². The van der Waals surface area contributed by atoms with E-state index in [-0.39, 0.29) is 11.8 Å². The van der Waals surface area contributed by atoms with Crippen molar-refractivity contribution in [3.8, 4) is 0 Å². The van der Waals surface area contributed by atoms with Crippen LogP contribution in [0.3, 0.4) is 0 Å². The second-order valence-electron chi connectivity index (χ2n) is 5.33. The molecule has 3 aromatic rings. The molecule has 2 amide bonds. The molecular formula is C18H17N3O2. The summed E-state index contributed by atoms with van der Waals surface area (Å²) in [6.07, 6.45) is 0. The summed E-state index contributed by atoms with van der Waals surface area (Å²) in [7, 11) is 1.57. The van der Waals surface area contributed by atoms with Crippen molar-refractivity contribution >= 4 is 28.4 Å². The minimum absolute atomic E-state index is 0.189. The van der Waals surface area contributed by atoms with E-state index >= 15 is 0 Å². The number of fused-ring (bicyclic) bond motifs is 1. The number of rotatable bonds is 3. The number of benzene rings is 2. The number of aromatic nitrogens is 1. The summed E-state index contributed by atoms with van der Waals surface area (Å²) in [6.45, 7) is 1.88. The number of hydrogen-bond donors (Lipinski definition) is 3. The molecule has 5 heteroatoms. The zero-order chi connectivity index (χ0) is 16.4. The van der Waals surface area contributed by atoms with Gasteiger partial charge in [-0.1, -0.05) is 24.3 Å². The number of hydrogen-bond acceptors (Lipinski definition) is 2. The first-order valence-corrected chi connectivity index (χ1v) is 7.30. The number of nitrogens with one attached hydrogen (secondary N) is 3. The summed E-state index contributed by atoms with van der Waals surface area (Å²) in [6, 6.07) is 14.7. The number of H-pyrrole nitrogens is 1. The molecule has 0 aliphatic heterocycles. The van der Waals surface area contributed by atoms with Gasteiger partial charge in [0.2, 0.25) is 0 Å². The van der Waals surface area contributed by atoms with Crippen molar-refractivity contribution in [3.63, 3.8) is 0 Å². The van der Waals surface area contributed by atoms with Crippen LogP contribution in [0.2, 0.25) is 0 Å². The Hall–Kier alpha value is -3.08. The van der Waals surface area contributed by atoms with Crippen LogP contribution >= 0.6 is 0 Å². The molecule has 0 aliphatic carbocycles. The second-order valence-corrected chi connectivity index (χ2v) is 5.33. The molecule has 3 N–H and O–H groups in total. The number of carbonyl (C=O) groups excluding carboxylic acids is 2. The fraction of sp³-hybridized carbons (Fsp3) is 0.111. The van der Waals surface area contributed by atoms with Gasteiger partial charge in [0.05, 0.1) is 0 Å². The van der Waals surface area contributed by atoms with E-state index in [1.54, 1.807) is 19.2 Å². The molecular weight excluding hydrogens is 290 g/mol. The van der Waals surface area contributed by atoms with Crippen LogP contribution in [0, 0.1) is 6.92 Å². The van der Waals surface area contributed by atoms with Crippen LogP contribution in [0.5, 0.6) is 0 Å². The lowest BCUT2D eigenvalue weighted by molar-refractivity contribution is 0.0961. The van der Waals surface area contributed by atoms with Crippen LogP contribution in [0.15, 0.2) is 48.5 Å². The molecule has 2 aromatic carbocycles. The van der Waals surface area contributed by atoms with Gasteiger partial charge in [-0.2, -0.15) is 0 Å². The molecule has 0 unspecified atom stereocenters. The molecule has 1 heterocycles. The van der Waals surface area contributed by atoms with E-state index in [0.29, 0.717) is 16.9 Å². The van der Waals surface area contributed by atoms with Crippen molar-refractivity contribution in [1.82, 2.24) is 10.3 Å². The average molecular weight is 307 g/mol. The summed E-state index contributed by atoms with van der Waals surface area (Å²) in [5.41, 5.74) is 3.41. The molecule has 0 spiro atoms. The Morgan fingerprint density at radius 2 is 1.78 bits per heavy atom. The summed E-state index contributed by atoms with van der Waals surface area (Å²) in [4.78, 5) is 27.3. The van der Waals surface area contributed by atoms with Gasteiger partial charge in [0.25, 0.3) is 11.8 Å². The first-order valence-electron chi connectivity index (χ1n) is 7.30. The third-order valence-electron chi connectivity index (χ3n) is 3.75. The topological polar surface area (TPSA) is 74.0 Å². The van der Waals surface area contributed by atoms with Crippen LogP contribution < -0.4 is 10.6 Å². The Kier molecular flexibility index (Phi) is 3.85. The number of carbonyl (C=O) groups is 2. The molecule has 3 rings (SSSR count). The lowest BCUT2D eigenvalue weighted by atomic mass is 10.1. The highest BCUT2D eigenvalue weighted by molar-refractivity contribution is 6.07. The molecule has 0 fully saturated rings. The van der Waals surface area contributed by atoms with Crippen molar-refractivity contribution in [2.24, 2.45) is 0 Å². The quantitative estimate of drug-likeness (QED) is 0.695. The van der Waals surface area contributed by atoms with Crippen LogP contribution in [-0.4, -0.2) is 23.8 Å². The normalized spacial score (nSPS) is 10.5. The predicted molar refractivity (Wildman–Crippen MR) is 90.8 cm³/mol. The number of anilines is 1. The van der Waals surface area contributed by atoms with E-state index in [1.165, 1.54) is 0 Å². The van der Waals surface area contributed by atoms with Gasteiger partial charge in [-0.3, -0.25) is 9.59 Å². The number of para-hydroxylation sites is 1. The van der Waals surface area contributed by atoms with Gasteiger partial charge in [0.15, 0.2) is 0 Å². The Bertz CT molecular complexity index is 863. The highest BCUT2D eigenvalue weighted by atomic mass is 16.2. The summed E-state index contributed by atoms with van der Waals surface area (Å²) in [5.74, 6) is -0.426. The van der Waals surface area contributed by atoms with Crippen LogP contribution in [0.4, 0.5) is 5.69 Å². The maximum absolute atomic E-state index is 12.4. The molecule has 5 nitrogen and oxygen atoms in total. The lowest BCUT2D eigenvalue weighted by Gasteiger charge is -2.09. The first-order chi connectivity index (χ1) is 11.1. The van der Waals surface area contributed by atoms with Crippen LogP contribution in [-0.2, 0) is 0 Å². The molecule has 0 bridgehead atoms. The van der Waals surface area contributed by atoms with Gasteiger partial charge in [0, 0.05) is 29.2 Å².